The van der Waals surface area contributed by atoms with Crippen molar-refractivity contribution in [3.63, 3.8) is 0 Å². The van der Waals surface area contributed by atoms with Crippen molar-refractivity contribution in [2.75, 3.05) is 6.61 Å². The second-order valence-corrected chi connectivity index (χ2v) is 4.69. The van der Waals surface area contributed by atoms with Crippen molar-refractivity contribution in [1.82, 2.24) is 0 Å². The van der Waals surface area contributed by atoms with Gasteiger partial charge in [0.1, 0.15) is 0 Å². The third-order valence-corrected chi connectivity index (χ3v) is 3.46. The van der Waals surface area contributed by atoms with Crippen LogP contribution < -0.4 is 0 Å². The first-order valence-electron chi connectivity index (χ1n) is 6.75. The quantitative estimate of drug-likeness (QED) is 0.746. The molecule has 0 aliphatic carbocycles. The van der Waals surface area contributed by atoms with Crippen LogP contribution >= 0.6 is 0 Å². The van der Waals surface area contributed by atoms with Crippen LogP contribution in [0.3, 0.4) is 0 Å². The minimum Gasteiger partial charge on any atom is -0.392 e. The average Bonchev–Trinajstić information content (AvgIpc) is 2.53. The molecule has 0 atom stereocenters. The monoisotopic (exact) mass is 260 g/mol. The number of rotatable bonds is 3. The zero-order chi connectivity index (χ0) is 13.8. The molecule has 0 fully saturated rings. The Kier molecular flexibility index (Phi) is 3.62. The summed E-state index contributed by atoms with van der Waals surface area (Å²) in [7, 11) is 0. The predicted molar refractivity (Wildman–Crippen MR) is 84.6 cm³/mol. The summed E-state index contributed by atoms with van der Waals surface area (Å²) >= 11 is 0. The maximum atomic E-state index is 9.35. The Bertz CT molecular complexity index is 737. The van der Waals surface area contributed by atoms with E-state index in [0.29, 0.717) is 0 Å². The molecule has 98 valence electrons. The molecule has 0 saturated heterocycles. The first-order valence-corrected chi connectivity index (χ1v) is 6.75. The highest BCUT2D eigenvalue weighted by Gasteiger charge is 2.07. The summed E-state index contributed by atoms with van der Waals surface area (Å²) < 4.78 is 0. The summed E-state index contributed by atoms with van der Waals surface area (Å²) in [6.07, 6.45) is 1.87. The van der Waals surface area contributed by atoms with Crippen molar-refractivity contribution >= 4 is 16.3 Å². The SMILES string of the molecule is OCC=C(c1ccccc1)c1cccc2ccccc12. The van der Waals surface area contributed by atoms with Gasteiger partial charge in [0.05, 0.1) is 6.61 Å². The Labute approximate surface area is 118 Å². The van der Waals surface area contributed by atoms with Gasteiger partial charge in [-0.3, -0.25) is 0 Å². The highest BCUT2D eigenvalue weighted by Crippen LogP contribution is 2.29. The van der Waals surface area contributed by atoms with Crippen LogP contribution in [0.15, 0.2) is 78.9 Å². The predicted octanol–water partition coefficient (Wildman–Crippen LogP) is 4.26. The standard InChI is InChI=1S/C19H16O/c20-14-13-18(15-7-2-1-3-8-15)19-12-6-10-16-9-4-5-11-17(16)19/h1-13,20H,14H2. The smallest absolute Gasteiger partial charge is 0.0621 e. The third kappa shape index (κ3) is 2.36. The van der Waals surface area contributed by atoms with Crippen molar-refractivity contribution in [1.29, 1.82) is 0 Å². The van der Waals surface area contributed by atoms with Crippen LogP contribution in [0.2, 0.25) is 0 Å². The van der Waals surface area contributed by atoms with E-state index in [1.54, 1.807) is 0 Å². The fourth-order valence-electron chi connectivity index (χ4n) is 2.55. The molecule has 1 heteroatoms. The summed E-state index contributed by atoms with van der Waals surface area (Å²) in [5.41, 5.74) is 3.35. The molecule has 3 aromatic carbocycles. The van der Waals surface area contributed by atoms with Gasteiger partial charge in [0.15, 0.2) is 0 Å². The molecule has 0 aliphatic heterocycles. The van der Waals surface area contributed by atoms with Gasteiger partial charge in [0.25, 0.3) is 0 Å². The zero-order valence-electron chi connectivity index (χ0n) is 11.2. The van der Waals surface area contributed by atoms with Gasteiger partial charge in [0.2, 0.25) is 0 Å². The molecule has 0 bridgehead atoms. The topological polar surface area (TPSA) is 20.2 Å². The second-order valence-electron chi connectivity index (χ2n) is 4.69. The first kappa shape index (κ1) is 12.6. The van der Waals surface area contributed by atoms with E-state index >= 15 is 0 Å². The molecule has 20 heavy (non-hydrogen) atoms. The van der Waals surface area contributed by atoms with Crippen LogP contribution in [0.25, 0.3) is 16.3 Å². The average molecular weight is 260 g/mol. The van der Waals surface area contributed by atoms with Gasteiger partial charge >= 0.3 is 0 Å². The summed E-state index contributed by atoms with van der Waals surface area (Å²) in [5.74, 6) is 0. The number of fused-ring (bicyclic) bond motifs is 1. The van der Waals surface area contributed by atoms with Crippen LogP contribution in [-0.4, -0.2) is 11.7 Å². The Balaban J connectivity index is 2.24. The van der Waals surface area contributed by atoms with Gasteiger partial charge in [-0.2, -0.15) is 0 Å². The Morgan fingerprint density at radius 1 is 0.800 bits per heavy atom. The Morgan fingerprint density at radius 3 is 2.30 bits per heavy atom. The molecule has 0 spiro atoms. The largest absolute Gasteiger partial charge is 0.392 e. The molecule has 3 rings (SSSR count). The maximum absolute atomic E-state index is 9.35. The van der Waals surface area contributed by atoms with Crippen molar-refractivity contribution in [3.8, 4) is 0 Å². The van der Waals surface area contributed by atoms with E-state index in [1.165, 1.54) is 10.8 Å². The maximum Gasteiger partial charge on any atom is 0.0621 e. The van der Waals surface area contributed by atoms with Gasteiger partial charge in [-0.05, 0) is 27.5 Å². The second kappa shape index (κ2) is 5.72. The molecule has 0 unspecified atom stereocenters. The van der Waals surface area contributed by atoms with E-state index in [9.17, 15) is 5.11 Å². The lowest BCUT2D eigenvalue weighted by atomic mass is 9.93. The fraction of sp³-hybridized carbons (Fsp3) is 0.0526. The summed E-state index contributed by atoms with van der Waals surface area (Å²) in [5, 5.41) is 11.8. The molecule has 1 N–H and O–H groups in total. The van der Waals surface area contributed by atoms with E-state index in [-0.39, 0.29) is 6.61 Å². The van der Waals surface area contributed by atoms with Crippen molar-refractivity contribution in [3.05, 3.63) is 90.0 Å². The molecule has 1 nitrogen and oxygen atoms in total. The first-order chi connectivity index (χ1) is 9.90. The number of benzene rings is 3. The van der Waals surface area contributed by atoms with E-state index in [2.05, 4.69) is 42.5 Å². The zero-order valence-corrected chi connectivity index (χ0v) is 11.2. The molecule has 3 aromatic rings. The minimum absolute atomic E-state index is 0.0352. The fourth-order valence-corrected chi connectivity index (χ4v) is 2.55. The van der Waals surface area contributed by atoms with E-state index in [4.69, 9.17) is 0 Å². The number of hydrogen-bond donors (Lipinski definition) is 1. The lowest BCUT2D eigenvalue weighted by molar-refractivity contribution is 0.343. The highest BCUT2D eigenvalue weighted by molar-refractivity contribution is 5.97. The number of hydrogen-bond acceptors (Lipinski definition) is 1. The number of aliphatic hydroxyl groups excluding tert-OH is 1. The highest BCUT2D eigenvalue weighted by atomic mass is 16.2. The summed E-state index contributed by atoms with van der Waals surface area (Å²) in [6.45, 7) is 0.0352. The van der Waals surface area contributed by atoms with Gasteiger partial charge in [-0.1, -0.05) is 78.9 Å². The molecule has 0 heterocycles. The van der Waals surface area contributed by atoms with Crippen molar-refractivity contribution in [2.24, 2.45) is 0 Å². The third-order valence-electron chi connectivity index (χ3n) is 3.46. The molecular formula is C19H16O. The minimum atomic E-state index is 0.0352. The number of aliphatic hydroxyl groups is 1. The van der Waals surface area contributed by atoms with Crippen LogP contribution in [-0.2, 0) is 0 Å². The van der Waals surface area contributed by atoms with Crippen molar-refractivity contribution < 1.29 is 5.11 Å². The van der Waals surface area contributed by atoms with Crippen LogP contribution in [0, 0.1) is 0 Å². The van der Waals surface area contributed by atoms with Gasteiger partial charge in [-0.25, -0.2) is 0 Å². The molecule has 0 aromatic heterocycles. The van der Waals surface area contributed by atoms with Crippen LogP contribution in [0.1, 0.15) is 11.1 Å². The molecule has 0 saturated carbocycles. The van der Waals surface area contributed by atoms with E-state index in [0.717, 1.165) is 16.7 Å². The normalized spacial score (nSPS) is 11.8. The van der Waals surface area contributed by atoms with Crippen LogP contribution in [0.5, 0.6) is 0 Å². The molecular weight excluding hydrogens is 244 g/mol. The molecule has 0 radical (unpaired) electrons. The Hall–Kier alpha value is -2.38. The van der Waals surface area contributed by atoms with Gasteiger partial charge in [-0.15, -0.1) is 0 Å². The Morgan fingerprint density at radius 2 is 1.50 bits per heavy atom. The van der Waals surface area contributed by atoms with E-state index in [1.807, 2.05) is 36.4 Å². The van der Waals surface area contributed by atoms with Crippen LogP contribution in [0.4, 0.5) is 0 Å². The molecule has 0 amide bonds. The summed E-state index contributed by atoms with van der Waals surface area (Å²) in [6, 6.07) is 24.8. The van der Waals surface area contributed by atoms with Crippen molar-refractivity contribution in [2.45, 2.75) is 0 Å². The lowest BCUT2D eigenvalue weighted by Crippen LogP contribution is -1.91. The van der Waals surface area contributed by atoms with Gasteiger partial charge < -0.3 is 5.11 Å². The van der Waals surface area contributed by atoms with E-state index < -0.39 is 0 Å². The van der Waals surface area contributed by atoms with Gasteiger partial charge in [0, 0.05) is 0 Å². The molecule has 0 aliphatic rings. The lowest BCUT2D eigenvalue weighted by Gasteiger charge is -2.11. The summed E-state index contributed by atoms with van der Waals surface area (Å²) in [4.78, 5) is 0.